The molecule has 5 nitrogen and oxygen atoms in total. The summed E-state index contributed by atoms with van der Waals surface area (Å²) in [6.45, 7) is 2.73. The second-order valence-corrected chi connectivity index (χ2v) is 7.78. The van der Waals surface area contributed by atoms with Crippen LogP contribution in [-0.4, -0.2) is 33.2 Å². The van der Waals surface area contributed by atoms with E-state index in [0.29, 0.717) is 18.7 Å². The van der Waals surface area contributed by atoms with Crippen molar-refractivity contribution < 1.29 is 13.2 Å². The number of sulfone groups is 1. The molecule has 0 saturated heterocycles. The van der Waals surface area contributed by atoms with Crippen LogP contribution in [0.5, 0.6) is 0 Å². The number of rotatable bonds is 7. The minimum Gasteiger partial charge on any atom is -0.355 e. The summed E-state index contributed by atoms with van der Waals surface area (Å²) in [6.07, 6.45) is 0. The van der Waals surface area contributed by atoms with Crippen LogP contribution in [0.25, 0.3) is 0 Å². The lowest BCUT2D eigenvalue weighted by atomic mass is 10.2. The van der Waals surface area contributed by atoms with Crippen LogP contribution in [0.2, 0.25) is 0 Å². The van der Waals surface area contributed by atoms with Crippen LogP contribution in [0, 0.1) is 5.92 Å². The average molecular weight is 400 g/mol. The summed E-state index contributed by atoms with van der Waals surface area (Å²) in [5, 5.41) is 2.58. The first-order chi connectivity index (χ1) is 9.32. The predicted octanol–water partition coefficient (Wildman–Crippen LogP) is 1.50. The normalized spacial score (nSPS) is 12.3. The molecule has 0 aliphatic carbocycles. The van der Waals surface area contributed by atoms with Crippen molar-refractivity contribution >= 4 is 44.1 Å². The minimum absolute atomic E-state index is 0. The number of carbonyl (C=O) groups excluding carboxylic acids is 1. The molecule has 1 aromatic rings. The van der Waals surface area contributed by atoms with Gasteiger partial charge in [-0.05, 0) is 30.2 Å². The SMILES string of the molecule is CC(CN)CNC(=O)CS(=O)(=O)Cc1ccc(Br)cc1.Cl. The fourth-order valence-corrected chi connectivity index (χ4v) is 3.08. The highest BCUT2D eigenvalue weighted by atomic mass is 79.9. The van der Waals surface area contributed by atoms with E-state index in [1.54, 1.807) is 24.3 Å². The Bertz CT molecular complexity index is 549. The van der Waals surface area contributed by atoms with Crippen molar-refractivity contribution in [1.29, 1.82) is 0 Å². The summed E-state index contributed by atoms with van der Waals surface area (Å²) in [7, 11) is -3.46. The summed E-state index contributed by atoms with van der Waals surface area (Å²) >= 11 is 3.28. The highest BCUT2D eigenvalue weighted by Crippen LogP contribution is 2.13. The monoisotopic (exact) mass is 398 g/mol. The molecule has 0 fully saturated rings. The molecule has 0 spiro atoms. The molecular formula is C13H20BrClN2O3S. The van der Waals surface area contributed by atoms with Crippen LogP contribution in [0.15, 0.2) is 28.7 Å². The van der Waals surface area contributed by atoms with E-state index in [0.717, 1.165) is 4.47 Å². The van der Waals surface area contributed by atoms with Gasteiger partial charge in [0, 0.05) is 11.0 Å². The van der Waals surface area contributed by atoms with Crippen LogP contribution < -0.4 is 11.1 Å². The molecule has 120 valence electrons. The number of hydrogen-bond donors (Lipinski definition) is 2. The van der Waals surface area contributed by atoms with Gasteiger partial charge in [-0.25, -0.2) is 8.42 Å². The van der Waals surface area contributed by atoms with Crippen molar-refractivity contribution in [2.24, 2.45) is 11.7 Å². The van der Waals surface area contributed by atoms with E-state index in [9.17, 15) is 13.2 Å². The van der Waals surface area contributed by atoms with E-state index >= 15 is 0 Å². The average Bonchev–Trinajstić information content (AvgIpc) is 2.37. The van der Waals surface area contributed by atoms with E-state index in [1.165, 1.54) is 0 Å². The molecule has 1 unspecified atom stereocenters. The number of nitrogens with one attached hydrogen (secondary N) is 1. The molecule has 1 aromatic carbocycles. The third-order valence-corrected chi connectivity index (χ3v) is 4.70. The van der Waals surface area contributed by atoms with E-state index in [2.05, 4.69) is 21.2 Å². The summed E-state index contributed by atoms with van der Waals surface area (Å²) < 4.78 is 24.7. The van der Waals surface area contributed by atoms with Gasteiger partial charge in [-0.2, -0.15) is 0 Å². The lowest BCUT2D eigenvalue weighted by Gasteiger charge is -2.10. The Kier molecular flexibility index (Phi) is 9.12. The first kappa shape index (κ1) is 20.4. The predicted molar refractivity (Wildman–Crippen MR) is 90.1 cm³/mol. The molecule has 0 bridgehead atoms. The number of carbonyl (C=O) groups is 1. The van der Waals surface area contributed by atoms with Gasteiger partial charge in [0.2, 0.25) is 5.91 Å². The molecule has 0 aromatic heterocycles. The highest BCUT2D eigenvalue weighted by molar-refractivity contribution is 9.10. The van der Waals surface area contributed by atoms with Gasteiger partial charge in [-0.3, -0.25) is 4.79 Å². The zero-order valence-corrected chi connectivity index (χ0v) is 14.9. The van der Waals surface area contributed by atoms with E-state index in [-0.39, 0.29) is 24.1 Å². The number of nitrogens with two attached hydrogens (primary N) is 1. The molecule has 1 rings (SSSR count). The van der Waals surface area contributed by atoms with Crippen LogP contribution in [0.4, 0.5) is 0 Å². The topological polar surface area (TPSA) is 89.3 Å². The third-order valence-electron chi connectivity index (χ3n) is 2.70. The van der Waals surface area contributed by atoms with Crippen molar-refractivity contribution in [2.45, 2.75) is 12.7 Å². The second kappa shape index (κ2) is 9.40. The highest BCUT2D eigenvalue weighted by Gasteiger charge is 2.17. The van der Waals surface area contributed by atoms with E-state index in [1.807, 2.05) is 6.92 Å². The molecule has 0 heterocycles. The van der Waals surface area contributed by atoms with Crippen molar-refractivity contribution in [3.05, 3.63) is 34.3 Å². The zero-order chi connectivity index (χ0) is 15.2. The summed E-state index contributed by atoms with van der Waals surface area (Å²) in [6, 6.07) is 6.98. The molecule has 3 N–H and O–H groups in total. The number of amides is 1. The maximum absolute atomic E-state index is 11.9. The zero-order valence-electron chi connectivity index (χ0n) is 11.7. The lowest BCUT2D eigenvalue weighted by molar-refractivity contribution is -0.118. The first-order valence-electron chi connectivity index (χ1n) is 6.24. The van der Waals surface area contributed by atoms with Crippen LogP contribution >= 0.6 is 28.3 Å². The van der Waals surface area contributed by atoms with Crippen LogP contribution in [0.1, 0.15) is 12.5 Å². The summed E-state index contributed by atoms with van der Waals surface area (Å²) in [5.74, 6) is -0.990. The molecule has 1 amide bonds. The maximum atomic E-state index is 11.9. The van der Waals surface area contributed by atoms with Gasteiger partial charge in [0.15, 0.2) is 9.84 Å². The van der Waals surface area contributed by atoms with E-state index in [4.69, 9.17) is 5.73 Å². The number of halogens is 2. The Morgan fingerprint density at radius 2 is 1.90 bits per heavy atom. The second-order valence-electron chi connectivity index (χ2n) is 4.80. The van der Waals surface area contributed by atoms with Gasteiger partial charge in [0.1, 0.15) is 5.75 Å². The molecule has 1 atom stereocenters. The van der Waals surface area contributed by atoms with Gasteiger partial charge in [-0.1, -0.05) is 35.0 Å². The summed E-state index contributed by atoms with van der Waals surface area (Å²) in [5.41, 5.74) is 6.09. The fourth-order valence-electron chi connectivity index (χ4n) is 1.51. The smallest absolute Gasteiger partial charge is 0.235 e. The summed E-state index contributed by atoms with van der Waals surface area (Å²) in [4.78, 5) is 11.6. The van der Waals surface area contributed by atoms with Gasteiger partial charge < -0.3 is 11.1 Å². The van der Waals surface area contributed by atoms with Crippen LogP contribution in [-0.2, 0) is 20.4 Å². The van der Waals surface area contributed by atoms with E-state index < -0.39 is 21.5 Å². The maximum Gasteiger partial charge on any atom is 0.235 e. The van der Waals surface area contributed by atoms with Gasteiger partial charge >= 0.3 is 0 Å². The Morgan fingerprint density at radius 1 is 1.33 bits per heavy atom. The molecule has 21 heavy (non-hydrogen) atoms. The van der Waals surface area contributed by atoms with Gasteiger partial charge in [0.25, 0.3) is 0 Å². The molecule has 0 radical (unpaired) electrons. The largest absolute Gasteiger partial charge is 0.355 e. The number of hydrogen-bond acceptors (Lipinski definition) is 4. The first-order valence-corrected chi connectivity index (χ1v) is 8.85. The van der Waals surface area contributed by atoms with Gasteiger partial charge in [-0.15, -0.1) is 12.4 Å². The lowest BCUT2D eigenvalue weighted by Crippen LogP contribution is -2.35. The van der Waals surface area contributed by atoms with Gasteiger partial charge in [0.05, 0.1) is 5.75 Å². The Morgan fingerprint density at radius 3 is 2.43 bits per heavy atom. The van der Waals surface area contributed by atoms with Crippen LogP contribution in [0.3, 0.4) is 0 Å². The molecule has 0 aliphatic rings. The molecule has 0 saturated carbocycles. The molecule has 8 heteroatoms. The van der Waals surface area contributed by atoms with Crippen molar-refractivity contribution in [1.82, 2.24) is 5.32 Å². The number of benzene rings is 1. The molecular weight excluding hydrogens is 380 g/mol. The van der Waals surface area contributed by atoms with Crippen molar-refractivity contribution in [3.8, 4) is 0 Å². The van der Waals surface area contributed by atoms with Crippen molar-refractivity contribution in [2.75, 3.05) is 18.8 Å². The Hall–Kier alpha value is -0.630. The minimum atomic E-state index is -3.46. The Balaban J connectivity index is 0.00000400. The quantitative estimate of drug-likeness (QED) is 0.727. The standard InChI is InChI=1S/C13H19BrN2O3S.ClH/c1-10(6-15)7-16-13(17)9-20(18,19)8-11-2-4-12(14)5-3-11;/h2-5,10H,6-9,15H2,1H3,(H,16,17);1H. The van der Waals surface area contributed by atoms with Crippen molar-refractivity contribution in [3.63, 3.8) is 0 Å². The molecule has 0 aliphatic heterocycles. The Labute approximate surface area is 140 Å². The fraction of sp³-hybridized carbons (Fsp3) is 0.462. The third kappa shape index (κ3) is 8.40.